The maximum absolute atomic E-state index is 13.5. The Hall–Kier alpha value is -5.15. The molecule has 0 aliphatic rings. The predicted molar refractivity (Wildman–Crippen MR) is 162 cm³/mol. The van der Waals surface area contributed by atoms with Crippen LogP contribution in [0.15, 0.2) is 107 Å². The molecule has 4 aromatic carbocycles. The van der Waals surface area contributed by atoms with Gasteiger partial charge >= 0.3 is 0 Å². The maximum atomic E-state index is 13.5. The van der Waals surface area contributed by atoms with E-state index in [1.165, 1.54) is 13.8 Å². The third-order valence-electron chi connectivity index (χ3n) is 6.96. The molecule has 0 unspecified atom stereocenters. The second-order valence-corrected chi connectivity index (χ2v) is 11.8. The average Bonchev–Trinajstić information content (AvgIpc) is 3.56. The van der Waals surface area contributed by atoms with Gasteiger partial charge in [0.25, 0.3) is 0 Å². The van der Waals surface area contributed by atoms with Crippen molar-refractivity contribution in [3.05, 3.63) is 97.3 Å². The number of aromatic amines is 2. The average molecular weight is 563 g/mol. The third kappa shape index (κ3) is 4.99. The van der Waals surface area contributed by atoms with Crippen molar-refractivity contribution in [2.45, 2.75) is 23.6 Å². The number of aromatic nitrogens is 2. The maximum Gasteiger partial charge on any atom is 0.221 e. The second-order valence-electron chi connectivity index (χ2n) is 9.84. The second kappa shape index (κ2) is 10.1. The summed E-state index contributed by atoms with van der Waals surface area (Å²) >= 11 is 0. The lowest BCUT2D eigenvalue weighted by Gasteiger charge is -2.08. The summed E-state index contributed by atoms with van der Waals surface area (Å²) in [5, 5.41) is 7.43. The number of nitrogens with one attached hydrogen (secondary N) is 4. The Morgan fingerprint density at radius 2 is 0.976 bits per heavy atom. The highest BCUT2D eigenvalue weighted by molar-refractivity contribution is 7.91. The van der Waals surface area contributed by atoms with Crippen LogP contribution in [0.25, 0.3) is 44.1 Å². The van der Waals surface area contributed by atoms with Gasteiger partial charge in [0.15, 0.2) is 0 Å². The lowest BCUT2D eigenvalue weighted by Crippen LogP contribution is -2.05. The fraction of sp³-hybridized carbons (Fsp3) is 0.0625. The first kappa shape index (κ1) is 26.1. The number of hydrogen-bond acceptors (Lipinski definition) is 4. The smallest absolute Gasteiger partial charge is 0.221 e. The highest BCUT2D eigenvalue weighted by Gasteiger charge is 2.19. The first-order valence-electron chi connectivity index (χ1n) is 12.9. The number of fused-ring (bicyclic) bond motifs is 2. The Kier molecular flexibility index (Phi) is 6.43. The van der Waals surface area contributed by atoms with Crippen LogP contribution >= 0.6 is 0 Å². The summed E-state index contributed by atoms with van der Waals surface area (Å²) in [6.07, 6.45) is 3.74. The summed E-state index contributed by atoms with van der Waals surface area (Å²) in [6, 6.07) is 24.8. The number of anilines is 2. The van der Waals surface area contributed by atoms with Crippen molar-refractivity contribution in [1.29, 1.82) is 0 Å². The molecule has 2 amide bonds. The molecule has 0 atom stereocenters. The van der Waals surface area contributed by atoms with Crippen LogP contribution in [0.4, 0.5) is 11.4 Å². The molecule has 0 spiro atoms. The van der Waals surface area contributed by atoms with Crippen molar-refractivity contribution >= 4 is 54.8 Å². The van der Waals surface area contributed by atoms with E-state index in [4.69, 9.17) is 0 Å². The summed E-state index contributed by atoms with van der Waals surface area (Å²) < 4.78 is 26.9. The van der Waals surface area contributed by atoms with Crippen molar-refractivity contribution < 1.29 is 18.0 Å². The molecule has 0 radical (unpaired) electrons. The quantitative estimate of drug-likeness (QED) is 0.180. The van der Waals surface area contributed by atoms with Crippen LogP contribution in [-0.4, -0.2) is 30.2 Å². The van der Waals surface area contributed by atoms with E-state index in [0.29, 0.717) is 11.4 Å². The van der Waals surface area contributed by atoms with Crippen LogP contribution < -0.4 is 10.6 Å². The summed E-state index contributed by atoms with van der Waals surface area (Å²) in [6.45, 7) is 2.92. The third-order valence-corrected chi connectivity index (χ3v) is 8.74. The number of rotatable bonds is 6. The predicted octanol–water partition coefficient (Wildman–Crippen LogP) is 6.73. The van der Waals surface area contributed by atoms with Gasteiger partial charge in [0.2, 0.25) is 21.7 Å². The molecule has 2 heterocycles. The Morgan fingerprint density at radius 1 is 0.585 bits per heavy atom. The number of sulfone groups is 1. The van der Waals surface area contributed by atoms with E-state index in [-0.39, 0.29) is 21.6 Å². The lowest BCUT2D eigenvalue weighted by molar-refractivity contribution is -0.115. The molecule has 0 aliphatic carbocycles. The zero-order valence-corrected chi connectivity index (χ0v) is 23.1. The number of amides is 2. The molecule has 0 saturated carbocycles. The molecule has 0 fully saturated rings. The first-order chi connectivity index (χ1) is 19.7. The minimum absolute atomic E-state index is 0.151. The summed E-state index contributed by atoms with van der Waals surface area (Å²) in [4.78, 5) is 29.8. The molecule has 6 rings (SSSR count). The molecule has 41 heavy (non-hydrogen) atoms. The molecule has 0 bridgehead atoms. The van der Waals surface area contributed by atoms with Gasteiger partial charge in [-0.2, -0.15) is 0 Å². The molecule has 2 aromatic heterocycles. The Bertz CT molecular complexity index is 1910. The van der Waals surface area contributed by atoms with E-state index in [9.17, 15) is 18.0 Å². The van der Waals surface area contributed by atoms with Crippen LogP contribution in [0.3, 0.4) is 0 Å². The van der Waals surface area contributed by atoms with Crippen molar-refractivity contribution in [1.82, 2.24) is 9.97 Å². The van der Waals surface area contributed by atoms with Gasteiger partial charge in [-0.15, -0.1) is 0 Å². The number of carbonyl (C=O) groups excluding carboxylic acids is 2. The van der Waals surface area contributed by atoms with Gasteiger partial charge in [0, 0.05) is 70.5 Å². The normalized spacial score (nSPS) is 11.6. The summed E-state index contributed by atoms with van der Waals surface area (Å²) in [5.41, 5.74) is 6.71. The minimum Gasteiger partial charge on any atom is -0.361 e. The molecule has 9 heteroatoms. The Balaban J connectivity index is 1.27. The highest BCUT2D eigenvalue weighted by atomic mass is 32.2. The van der Waals surface area contributed by atoms with Crippen molar-refractivity contribution in [2.75, 3.05) is 10.6 Å². The van der Waals surface area contributed by atoms with Crippen LogP contribution in [-0.2, 0) is 19.4 Å². The van der Waals surface area contributed by atoms with Gasteiger partial charge in [-0.1, -0.05) is 24.3 Å². The van der Waals surface area contributed by atoms with Gasteiger partial charge in [-0.05, 0) is 71.8 Å². The Morgan fingerprint density at radius 3 is 1.34 bits per heavy atom. The lowest BCUT2D eigenvalue weighted by atomic mass is 10.0. The highest BCUT2D eigenvalue weighted by Crippen LogP contribution is 2.34. The number of hydrogen-bond donors (Lipinski definition) is 4. The van der Waals surface area contributed by atoms with E-state index in [1.54, 1.807) is 48.5 Å². The van der Waals surface area contributed by atoms with Crippen LogP contribution in [0, 0.1) is 0 Å². The number of H-pyrrole nitrogens is 2. The Labute approximate surface area is 236 Å². The topological polar surface area (TPSA) is 124 Å². The number of benzene rings is 4. The van der Waals surface area contributed by atoms with Crippen molar-refractivity contribution in [3.63, 3.8) is 0 Å². The molecule has 0 saturated heterocycles. The molecule has 204 valence electrons. The fourth-order valence-corrected chi connectivity index (χ4v) is 6.31. The van der Waals surface area contributed by atoms with Gasteiger partial charge < -0.3 is 20.6 Å². The molecule has 0 aliphatic heterocycles. The SMILES string of the molecule is CC(=O)Nc1ccc2[nH]cc(-c3ccc(S(=O)(=O)c4ccc(-c5c[nH]c6ccc(NC(C)=O)cc56)cc4)cc3)c2c1. The molecular formula is C32H26N4O4S. The zero-order valence-electron chi connectivity index (χ0n) is 22.3. The minimum atomic E-state index is -3.75. The van der Waals surface area contributed by atoms with Crippen molar-refractivity contribution in [3.8, 4) is 22.3 Å². The summed E-state index contributed by atoms with van der Waals surface area (Å²) in [5.74, 6) is -0.303. The van der Waals surface area contributed by atoms with E-state index in [1.807, 2.05) is 48.8 Å². The van der Waals surface area contributed by atoms with E-state index < -0.39 is 9.84 Å². The monoisotopic (exact) mass is 562 g/mol. The molecule has 8 nitrogen and oxygen atoms in total. The summed E-state index contributed by atoms with van der Waals surface area (Å²) in [7, 11) is -3.75. The largest absolute Gasteiger partial charge is 0.361 e. The van der Waals surface area contributed by atoms with Gasteiger partial charge in [0.1, 0.15) is 0 Å². The van der Waals surface area contributed by atoms with E-state index in [2.05, 4.69) is 20.6 Å². The fourth-order valence-electron chi connectivity index (χ4n) is 5.04. The standard InChI is InChI=1S/C32H26N4O4S/c1-19(37)35-23-7-13-31-27(15-23)29(17-33-31)21-3-9-25(10-4-21)41(39,40)26-11-5-22(6-12-26)30-18-34-32-14-8-24(16-28(30)32)36-20(2)38/h3-18,33-34H,1-2H3,(H,35,37)(H,36,38). The molecule has 6 aromatic rings. The van der Waals surface area contributed by atoms with Crippen LogP contribution in [0.5, 0.6) is 0 Å². The molecule has 4 N–H and O–H groups in total. The van der Waals surface area contributed by atoms with Gasteiger partial charge in [-0.25, -0.2) is 8.42 Å². The molecular weight excluding hydrogens is 536 g/mol. The van der Waals surface area contributed by atoms with Crippen LogP contribution in [0.1, 0.15) is 13.8 Å². The zero-order chi connectivity index (χ0) is 28.7. The van der Waals surface area contributed by atoms with Gasteiger partial charge in [-0.3, -0.25) is 9.59 Å². The first-order valence-corrected chi connectivity index (χ1v) is 14.4. The number of carbonyl (C=O) groups is 2. The van der Waals surface area contributed by atoms with Crippen molar-refractivity contribution in [2.24, 2.45) is 0 Å². The van der Waals surface area contributed by atoms with Crippen LogP contribution in [0.2, 0.25) is 0 Å². The van der Waals surface area contributed by atoms with E-state index >= 15 is 0 Å². The van der Waals surface area contributed by atoms with E-state index in [0.717, 1.165) is 44.1 Å². The van der Waals surface area contributed by atoms with Gasteiger partial charge in [0.05, 0.1) is 9.79 Å².